The van der Waals surface area contributed by atoms with Gasteiger partial charge in [-0.05, 0) is 30.2 Å². The van der Waals surface area contributed by atoms with Gasteiger partial charge in [0, 0.05) is 18.5 Å². The normalized spacial score (nSPS) is 12.0. The molecule has 128 valence electrons. The Bertz CT molecular complexity index is 648. The van der Waals surface area contributed by atoms with E-state index >= 15 is 0 Å². The van der Waals surface area contributed by atoms with E-state index in [1.807, 2.05) is 18.2 Å². The summed E-state index contributed by atoms with van der Waals surface area (Å²) in [6, 6.07) is 17.6. The Hall–Kier alpha value is -2.49. The van der Waals surface area contributed by atoms with E-state index in [2.05, 4.69) is 60.7 Å². The molecule has 0 aliphatic carbocycles. The van der Waals surface area contributed by atoms with Crippen LogP contribution in [0.4, 0.5) is 0 Å². The van der Waals surface area contributed by atoms with Crippen LogP contribution in [0.15, 0.2) is 59.6 Å². The Morgan fingerprint density at radius 1 is 1.00 bits per heavy atom. The van der Waals surface area contributed by atoms with Crippen LogP contribution in [0.1, 0.15) is 31.9 Å². The molecule has 0 unspecified atom stereocenters. The number of benzene rings is 2. The lowest BCUT2D eigenvalue weighted by Crippen LogP contribution is -2.43. The van der Waals surface area contributed by atoms with Gasteiger partial charge in [0.1, 0.15) is 5.75 Å². The van der Waals surface area contributed by atoms with Crippen molar-refractivity contribution < 1.29 is 5.11 Å². The minimum absolute atomic E-state index is 0.00991. The van der Waals surface area contributed by atoms with Gasteiger partial charge in [-0.1, -0.05) is 56.3 Å². The third-order valence-corrected chi connectivity index (χ3v) is 3.95. The lowest BCUT2D eigenvalue weighted by Gasteiger charge is -2.26. The highest BCUT2D eigenvalue weighted by Crippen LogP contribution is 2.21. The Morgan fingerprint density at radius 3 is 2.29 bits per heavy atom. The molecule has 0 spiro atoms. The number of guanidine groups is 1. The van der Waals surface area contributed by atoms with Gasteiger partial charge in [0.15, 0.2) is 5.96 Å². The molecule has 0 aliphatic rings. The number of phenols is 1. The molecular weight excluding hydrogens is 298 g/mol. The fourth-order valence-electron chi connectivity index (χ4n) is 2.41. The molecule has 0 aliphatic heterocycles. The first-order valence-electron chi connectivity index (χ1n) is 8.37. The van der Waals surface area contributed by atoms with Crippen molar-refractivity contribution in [3.8, 4) is 5.75 Å². The average molecular weight is 325 g/mol. The van der Waals surface area contributed by atoms with Gasteiger partial charge in [-0.2, -0.15) is 0 Å². The van der Waals surface area contributed by atoms with E-state index in [4.69, 9.17) is 0 Å². The maximum Gasteiger partial charge on any atom is 0.191 e. The summed E-state index contributed by atoms with van der Waals surface area (Å²) in [5.74, 6) is 1.08. The quantitative estimate of drug-likeness (QED) is 0.563. The van der Waals surface area contributed by atoms with Crippen LogP contribution in [0.5, 0.6) is 5.75 Å². The molecule has 0 radical (unpaired) electrons. The highest BCUT2D eigenvalue weighted by molar-refractivity contribution is 5.79. The molecule has 4 heteroatoms. The second kappa shape index (κ2) is 8.39. The standard InChI is InChI=1S/C20H27N3O/c1-4-21-19(22-14-16-10-12-18(24)13-11-16)23-15-20(2,3)17-8-6-5-7-9-17/h5-13,24H,4,14-15H2,1-3H3,(H2,21,22,23). The van der Waals surface area contributed by atoms with E-state index < -0.39 is 0 Å². The summed E-state index contributed by atoms with van der Waals surface area (Å²) >= 11 is 0. The maximum atomic E-state index is 9.34. The molecule has 2 aromatic carbocycles. The molecule has 0 saturated heterocycles. The summed E-state index contributed by atoms with van der Waals surface area (Å²) < 4.78 is 0. The van der Waals surface area contributed by atoms with Gasteiger partial charge in [0.2, 0.25) is 0 Å². The summed E-state index contributed by atoms with van der Waals surface area (Å²) in [6.07, 6.45) is 0. The Morgan fingerprint density at radius 2 is 1.67 bits per heavy atom. The van der Waals surface area contributed by atoms with Crippen molar-refractivity contribution in [3.05, 3.63) is 65.7 Å². The van der Waals surface area contributed by atoms with Gasteiger partial charge >= 0.3 is 0 Å². The van der Waals surface area contributed by atoms with Crippen molar-refractivity contribution in [3.63, 3.8) is 0 Å². The monoisotopic (exact) mass is 325 g/mol. The van der Waals surface area contributed by atoms with E-state index in [0.717, 1.165) is 24.6 Å². The SMILES string of the molecule is CCNC(=NCc1ccc(O)cc1)NCC(C)(C)c1ccccc1. The van der Waals surface area contributed by atoms with Gasteiger partial charge in [-0.15, -0.1) is 0 Å². The molecule has 0 aromatic heterocycles. The number of aromatic hydroxyl groups is 1. The summed E-state index contributed by atoms with van der Waals surface area (Å²) in [7, 11) is 0. The number of rotatable bonds is 6. The Kier molecular flexibility index (Phi) is 6.24. The van der Waals surface area contributed by atoms with E-state index in [1.54, 1.807) is 12.1 Å². The first-order valence-corrected chi connectivity index (χ1v) is 8.37. The fraction of sp³-hybridized carbons (Fsp3) is 0.350. The zero-order valence-corrected chi connectivity index (χ0v) is 14.7. The predicted molar refractivity (Wildman–Crippen MR) is 100 cm³/mol. The van der Waals surface area contributed by atoms with Crippen molar-refractivity contribution in [1.82, 2.24) is 10.6 Å². The van der Waals surface area contributed by atoms with Crippen molar-refractivity contribution in [2.24, 2.45) is 4.99 Å². The first kappa shape index (κ1) is 17.9. The molecule has 0 fully saturated rings. The molecule has 0 atom stereocenters. The minimum atomic E-state index is 0.00991. The average Bonchev–Trinajstić information content (AvgIpc) is 2.59. The van der Waals surface area contributed by atoms with Gasteiger partial charge in [0.05, 0.1) is 6.54 Å². The highest BCUT2D eigenvalue weighted by atomic mass is 16.3. The predicted octanol–water partition coefficient (Wildman–Crippen LogP) is 3.43. The van der Waals surface area contributed by atoms with Crippen LogP contribution in [0, 0.1) is 0 Å². The van der Waals surface area contributed by atoms with Gasteiger partial charge in [-0.3, -0.25) is 0 Å². The van der Waals surface area contributed by atoms with Crippen LogP contribution >= 0.6 is 0 Å². The third-order valence-electron chi connectivity index (χ3n) is 3.95. The number of hydrogen-bond donors (Lipinski definition) is 3. The smallest absolute Gasteiger partial charge is 0.191 e. The number of nitrogens with zero attached hydrogens (tertiary/aromatic N) is 1. The molecule has 0 amide bonds. The third kappa shape index (κ3) is 5.30. The largest absolute Gasteiger partial charge is 0.508 e. The number of phenolic OH excluding ortho intramolecular Hbond substituents is 1. The van der Waals surface area contributed by atoms with Crippen LogP contribution in [0.25, 0.3) is 0 Å². The highest BCUT2D eigenvalue weighted by Gasteiger charge is 2.20. The molecule has 24 heavy (non-hydrogen) atoms. The number of nitrogens with one attached hydrogen (secondary N) is 2. The lowest BCUT2D eigenvalue weighted by atomic mass is 9.85. The molecule has 0 heterocycles. The van der Waals surface area contributed by atoms with Crippen molar-refractivity contribution in [2.75, 3.05) is 13.1 Å². The lowest BCUT2D eigenvalue weighted by molar-refractivity contribution is 0.475. The molecule has 2 aromatic rings. The van der Waals surface area contributed by atoms with Crippen LogP contribution in [-0.4, -0.2) is 24.2 Å². The van der Waals surface area contributed by atoms with Gasteiger partial charge in [0.25, 0.3) is 0 Å². The van der Waals surface area contributed by atoms with Crippen LogP contribution in [0.2, 0.25) is 0 Å². The number of hydrogen-bond acceptors (Lipinski definition) is 2. The Labute approximate surface area is 144 Å². The van der Waals surface area contributed by atoms with Crippen LogP contribution in [0.3, 0.4) is 0 Å². The van der Waals surface area contributed by atoms with Gasteiger partial charge in [-0.25, -0.2) is 4.99 Å². The minimum Gasteiger partial charge on any atom is -0.508 e. The van der Waals surface area contributed by atoms with E-state index in [9.17, 15) is 5.11 Å². The molecule has 3 N–H and O–H groups in total. The van der Waals surface area contributed by atoms with Crippen LogP contribution < -0.4 is 10.6 Å². The fourth-order valence-corrected chi connectivity index (χ4v) is 2.41. The number of aliphatic imine (C=N–C) groups is 1. The maximum absolute atomic E-state index is 9.34. The van der Waals surface area contributed by atoms with E-state index in [0.29, 0.717) is 6.54 Å². The Balaban J connectivity index is 2.00. The van der Waals surface area contributed by atoms with E-state index in [-0.39, 0.29) is 11.2 Å². The second-order valence-corrected chi connectivity index (χ2v) is 6.47. The molecule has 0 saturated carbocycles. The second-order valence-electron chi connectivity index (χ2n) is 6.47. The zero-order chi connectivity index (χ0) is 17.4. The first-order chi connectivity index (χ1) is 11.5. The molecule has 2 rings (SSSR count). The summed E-state index contributed by atoms with van der Waals surface area (Å²) in [6.45, 7) is 8.67. The molecule has 0 bridgehead atoms. The van der Waals surface area contributed by atoms with Crippen molar-refractivity contribution in [1.29, 1.82) is 0 Å². The van der Waals surface area contributed by atoms with Crippen molar-refractivity contribution >= 4 is 5.96 Å². The topological polar surface area (TPSA) is 56.7 Å². The summed E-state index contributed by atoms with van der Waals surface area (Å²) in [5.41, 5.74) is 2.37. The van der Waals surface area contributed by atoms with Crippen molar-refractivity contribution in [2.45, 2.75) is 32.7 Å². The summed E-state index contributed by atoms with van der Waals surface area (Å²) in [5, 5.41) is 16.0. The zero-order valence-electron chi connectivity index (χ0n) is 14.7. The van der Waals surface area contributed by atoms with Gasteiger partial charge < -0.3 is 15.7 Å². The molecular formula is C20H27N3O. The van der Waals surface area contributed by atoms with Crippen LogP contribution in [-0.2, 0) is 12.0 Å². The molecule has 4 nitrogen and oxygen atoms in total. The summed E-state index contributed by atoms with van der Waals surface area (Å²) in [4.78, 5) is 4.62. The van der Waals surface area contributed by atoms with E-state index in [1.165, 1.54) is 5.56 Å².